The molecule has 5 aromatic rings. The maximum atomic E-state index is 14.9. The second-order valence-electron chi connectivity index (χ2n) is 9.22. The first-order valence-corrected chi connectivity index (χ1v) is 12.8. The largest absolute Gasteiger partial charge is 0.573 e. The number of imidazole rings is 1. The summed E-state index contributed by atoms with van der Waals surface area (Å²) in [5.41, 5.74) is -1.62. The number of carbonyl (C=O) groups excluding carboxylic acids is 1. The molecule has 0 radical (unpaired) electrons. The molecule has 1 amide bonds. The molecule has 214 valence electrons. The van der Waals surface area contributed by atoms with Crippen molar-refractivity contribution in [1.82, 2.24) is 29.0 Å². The van der Waals surface area contributed by atoms with Gasteiger partial charge in [-0.15, -0.1) is 13.2 Å². The number of aliphatic hydroxyl groups is 1. The van der Waals surface area contributed by atoms with Crippen molar-refractivity contribution in [3.8, 4) is 16.2 Å². The lowest BCUT2D eigenvalue weighted by molar-refractivity contribution is -0.274. The van der Waals surface area contributed by atoms with Gasteiger partial charge in [-0.25, -0.2) is 23.4 Å². The average molecular weight is 593 g/mol. The third kappa shape index (κ3) is 5.76. The van der Waals surface area contributed by atoms with Crippen LogP contribution in [0.2, 0.25) is 0 Å². The minimum absolute atomic E-state index is 0.0359. The molecule has 0 aliphatic carbocycles. The van der Waals surface area contributed by atoms with Crippen LogP contribution in [-0.4, -0.2) is 59.5 Å². The van der Waals surface area contributed by atoms with Gasteiger partial charge in [0, 0.05) is 31.1 Å². The summed E-state index contributed by atoms with van der Waals surface area (Å²) in [6.45, 7) is 1.23. The Morgan fingerprint density at radius 1 is 1.15 bits per heavy atom. The van der Waals surface area contributed by atoms with E-state index >= 15 is 0 Å². The fraction of sp³-hybridized carbons (Fsp3) is 0.231. The van der Waals surface area contributed by atoms with Crippen molar-refractivity contribution in [2.75, 3.05) is 7.05 Å². The smallest absolute Gasteiger partial charge is 0.406 e. The van der Waals surface area contributed by atoms with E-state index in [9.17, 15) is 31.9 Å². The summed E-state index contributed by atoms with van der Waals surface area (Å²) in [5.74, 6) is -2.75. The Hall–Kier alpha value is -4.37. The number of carbonyl (C=O) groups is 1. The van der Waals surface area contributed by atoms with Crippen LogP contribution in [0.4, 0.5) is 22.0 Å². The number of benzene rings is 2. The Morgan fingerprint density at radius 2 is 1.88 bits per heavy atom. The highest BCUT2D eigenvalue weighted by Crippen LogP contribution is 2.34. The Labute approximate surface area is 233 Å². The maximum absolute atomic E-state index is 14.9. The van der Waals surface area contributed by atoms with Crippen LogP contribution in [0.5, 0.6) is 5.75 Å². The molecular formula is C26H21F5N6O3S. The van der Waals surface area contributed by atoms with Gasteiger partial charge >= 0.3 is 6.36 Å². The molecule has 0 aliphatic rings. The summed E-state index contributed by atoms with van der Waals surface area (Å²) in [7, 11) is 1.42. The molecular weight excluding hydrogens is 571 g/mol. The first-order valence-electron chi connectivity index (χ1n) is 12.0. The van der Waals surface area contributed by atoms with Crippen LogP contribution >= 0.6 is 11.3 Å². The summed E-state index contributed by atoms with van der Waals surface area (Å²) in [6, 6.07) is 7.06. The highest BCUT2D eigenvalue weighted by molar-refractivity contribution is 7.20. The molecule has 9 nitrogen and oxygen atoms in total. The van der Waals surface area contributed by atoms with Gasteiger partial charge in [0.05, 0.1) is 17.5 Å². The van der Waals surface area contributed by atoms with Gasteiger partial charge in [0.15, 0.2) is 4.96 Å². The number of ether oxygens (including phenoxy) is 1. The van der Waals surface area contributed by atoms with Crippen molar-refractivity contribution in [1.29, 1.82) is 0 Å². The van der Waals surface area contributed by atoms with Crippen LogP contribution in [0.3, 0.4) is 0 Å². The molecule has 15 heteroatoms. The van der Waals surface area contributed by atoms with Crippen LogP contribution in [0.25, 0.3) is 15.4 Å². The first kappa shape index (κ1) is 28.2. The SMILES string of the molecule is C[C@@H](N(C)C(=O)c1cn2cc(-c3ccc(OC(F)(F)F)cc3)sc2n1)[C@](O)(Cn1cncn1)c1ccc(F)cc1F. The third-order valence-corrected chi connectivity index (χ3v) is 7.65. The first-order chi connectivity index (χ1) is 19.3. The van der Waals surface area contributed by atoms with Gasteiger partial charge in [0.25, 0.3) is 5.91 Å². The van der Waals surface area contributed by atoms with Crippen molar-refractivity contribution in [3.63, 3.8) is 0 Å². The van der Waals surface area contributed by atoms with Gasteiger partial charge in [-0.05, 0) is 42.8 Å². The van der Waals surface area contributed by atoms with E-state index < -0.39 is 35.5 Å². The number of halogens is 5. The topological polar surface area (TPSA) is 97.8 Å². The molecule has 0 saturated heterocycles. The van der Waals surface area contributed by atoms with Crippen molar-refractivity contribution in [2.45, 2.75) is 31.5 Å². The lowest BCUT2D eigenvalue weighted by Crippen LogP contribution is -2.52. The van der Waals surface area contributed by atoms with Gasteiger partial charge < -0.3 is 14.7 Å². The van der Waals surface area contributed by atoms with Gasteiger partial charge in [-0.3, -0.25) is 9.20 Å². The van der Waals surface area contributed by atoms with Crippen LogP contribution in [0, 0.1) is 11.6 Å². The number of likely N-dealkylation sites (N-methyl/N-ethyl adjacent to an activating group) is 1. The van der Waals surface area contributed by atoms with E-state index in [0.717, 1.165) is 12.1 Å². The Balaban J connectivity index is 1.39. The Morgan fingerprint density at radius 3 is 2.49 bits per heavy atom. The number of rotatable bonds is 8. The molecule has 41 heavy (non-hydrogen) atoms. The molecule has 0 fully saturated rings. The van der Waals surface area contributed by atoms with E-state index in [1.54, 1.807) is 10.6 Å². The molecule has 2 aromatic carbocycles. The summed E-state index contributed by atoms with van der Waals surface area (Å²) in [5, 5.41) is 15.7. The quantitative estimate of drug-likeness (QED) is 0.258. The lowest BCUT2D eigenvalue weighted by atomic mass is 9.85. The Bertz CT molecular complexity index is 1650. The van der Waals surface area contributed by atoms with Crippen molar-refractivity contribution in [2.24, 2.45) is 0 Å². The Kier molecular flexibility index (Phi) is 7.25. The van der Waals surface area contributed by atoms with Gasteiger partial charge in [0.1, 0.15) is 41.3 Å². The number of aromatic nitrogens is 5. The zero-order chi connectivity index (χ0) is 29.5. The molecule has 0 spiro atoms. The number of hydrogen-bond acceptors (Lipinski definition) is 7. The fourth-order valence-corrected chi connectivity index (χ4v) is 5.35. The molecule has 0 unspecified atom stereocenters. The molecule has 0 saturated carbocycles. The molecule has 3 heterocycles. The van der Waals surface area contributed by atoms with E-state index in [2.05, 4.69) is 19.8 Å². The van der Waals surface area contributed by atoms with E-state index in [1.165, 1.54) is 78.0 Å². The minimum atomic E-state index is -4.79. The number of amides is 1. The van der Waals surface area contributed by atoms with E-state index in [1.807, 2.05) is 0 Å². The monoisotopic (exact) mass is 592 g/mol. The van der Waals surface area contributed by atoms with Crippen molar-refractivity contribution >= 4 is 22.2 Å². The van der Waals surface area contributed by atoms with E-state index in [-0.39, 0.29) is 23.6 Å². The highest BCUT2D eigenvalue weighted by Gasteiger charge is 2.43. The van der Waals surface area contributed by atoms with E-state index in [0.29, 0.717) is 21.5 Å². The summed E-state index contributed by atoms with van der Waals surface area (Å²) < 4.78 is 72.5. The molecule has 1 N–H and O–H groups in total. The minimum Gasteiger partial charge on any atom is -0.406 e. The second-order valence-corrected chi connectivity index (χ2v) is 10.2. The summed E-state index contributed by atoms with van der Waals surface area (Å²) >= 11 is 1.20. The molecule has 0 aliphatic heterocycles. The van der Waals surface area contributed by atoms with Crippen LogP contribution in [0.1, 0.15) is 23.0 Å². The number of fused-ring (bicyclic) bond motifs is 1. The molecule has 5 rings (SSSR count). The number of alkyl halides is 3. The molecule has 0 bridgehead atoms. The highest BCUT2D eigenvalue weighted by atomic mass is 32.1. The fourth-order valence-electron chi connectivity index (χ4n) is 4.37. The maximum Gasteiger partial charge on any atom is 0.573 e. The van der Waals surface area contributed by atoms with Gasteiger partial charge in [-0.1, -0.05) is 17.4 Å². The predicted molar refractivity (Wildman–Crippen MR) is 137 cm³/mol. The lowest BCUT2D eigenvalue weighted by Gasteiger charge is -2.39. The second kappa shape index (κ2) is 10.6. The third-order valence-electron chi connectivity index (χ3n) is 6.61. The standard InChI is InChI=1S/C26H21F5N6O3S/c1-15(25(39,12-37-14-32-13-33-37)19-8-5-17(27)9-20(19)28)35(2)23(38)21-10-36-11-22(41-24(36)34-21)16-3-6-18(7-4-16)40-26(29,30)31/h3-11,13-15,39H,12H2,1-2H3/t15-,25-/m1/s1. The molecule has 2 atom stereocenters. The van der Waals surface area contributed by atoms with Crippen LogP contribution < -0.4 is 4.74 Å². The zero-order valence-electron chi connectivity index (χ0n) is 21.4. The number of hydrogen-bond donors (Lipinski definition) is 1. The predicted octanol–water partition coefficient (Wildman–Crippen LogP) is 4.88. The average Bonchev–Trinajstić information content (AvgIpc) is 3.64. The number of nitrogens with zero attached hydrogens (tertiary/aromatic N) is 6. The number of thiazole rings is 1. The zero-order valence-corrected chi connectivity index (χ0v) is 22.2. The molecule has 3 aromatic heterocycles. The summed E-state index contributed by atoms with van der Waals surface area (Å²) in [4.78, 5) is 23.9. The van der Waals surface area contributed by atoms with Crippen LogP contribution in [0.15, 0.2) is 67.5 Å². The van der Waals surface area contributed by atoms with Gasteiger partial charge in [0.2, 0.25) is 0 Å². The van der Waals surface area contributed by atoms with Crippen molar-refractivity contribution < 1.29 is 36.6 Å². The van der Waals surface area contributed by atoms with E-state index in [4.69, 9.17) is 0 Å². The van der Waals surface area contributed by atoms with Crippen LogP contribution in [-0.2, 0) is 12.1 Å². The summed E-state index contributed by atoms with van der Waals surface area (Å²) in [6.07, 6.45) is 0.896. The van der Waals surface area contributed by atoms with Gasteiger partial charge in [-0.2, -0.15) is 5.10 Å². The van der Waals surface area contributed by atoms with Crippen molar-refractivity contribution in [3.05, 3.63) is 90.4 Å². The normalized spacial score (nSPS) is 14.1.